The van der Waals surface area contributed by atoms with Crippen LogP contribution in [-0.4, -0.2) is 5.78 Å². The third kappa shape index (κ3) is 4.60. The zero-order chi connectivity index (χ0) is 15.4. The van der Waals surface area contributed by atoms with Gasteiger partial charge in [0.05, 0.1) is 4.47 Å². The van der Waals surface area contributed by atoms with Crippen LogP contribution in [-0.2, 0) is 6.54 Å². The van der Waals surface area contributed by atoms with Gasteiger partial charge < -0.3 is 0 Å². The van der Waals surface area contributed by atoms with Gasteiger partial charge >= 0.3 is 0 Å². The molecule has 3 rings (SSSR count). The van der Waals surface area contributed by atoms with Crippen LogP contribution in [0.25, 0.3) is 11.1 Å². The quantitative estimate of drug-likeness (QED) is 0.425. The van der Waals surface area contributed by atoms with Crippen LogP contribution in [0.5, 0.6) is 0 Å². The monoisotopic (exact) mass is 432 g/mol. The van der Waals surface area contributed by atoms with E-state index >= 15 is 0 Å². The normalized spacial score (nSPS) is 9.96. The Balaban J connectivity index is 0.00000192. The second-order valence-electron chi connectivity index (χ2n) is 5.06. The summed E-state index contributed by atoms with van der Waals surface area (Å²) >= 11 is 3.41. The maximum absolute atomic E-state index is 12.3. The number of halogens is 2. The SMILES string of the molecule is Br.O=C(C[n+]1cccc(Br)c1)c1ccc(-c2ccccc2)cc1. The molecule has 0 amide bonds. The summed E-state index contributed by atoms with van der Waals surface area (Å²) in [4.78, 5) is 12.3. The van der Waals surface area contributed by atoms with Gasteiger partial charge in [-0.25, -0.2) is 0 Å². The Kier molecular flexibility index (Phi) is 6.25. The van der Waals surface area contributed by atoms with Crippen molar-refractivity contribution in [3.05, 3.63) is 89.2 Å². The number of ketones is 1. The highest BCUT2D eigenvalue weighted by molar-refractivity contribution is 9.10. The largest absolute Gasteiger partial charge is 0.287 e. The molecule has 1 heterocycles. The van der Waals surface area contributed by atoms with E-state index in [2.05, 4.69) is 28.1 Å². The molecule has 0 unspecified atom stereocenters. The number of nitrogens with zero attached hydrogens (tertiary/aromatic N) is 1. The van der Waals surface area contributed by atoms with Crippen molar-refractivity contribution in [1.82, 2.24) is 0 Å². The Morgan fingerprint density at radius 2 is 1.52 bits per heavy atom. The lowest BCUT2D eigenvalue weighted by Crippen LogP contribution is -2.37. The smallest absolute Gasteiger partial charge is 0.227 e. The topological polar surface area (TPSA) is 20.9 Å². The van der Waals surface area contributed by atoms with E-state index in [1.54, 1.807) is 0 Å². The predicted molar refractivity (Wildman–Crippen MR) is 101 cm³/mol. The number of hydrogen-bond acceptors (Lipinski definition) is 1. The highest BCUT2D eigenvalue weighted by Crippen LogP contribution is 2.19. The fourth-order valence-corrected chi connectivity index (χ4v) is 2.74. The minimum atomic E-state index is 0. The van der Waals surface area contributed by atoms with Crippen molar-refractivity contribution < 1.29 is 9.36 Å². The Labute approximate surface area is 154 Å². The summed E-state index contributed by atoms with van der Waals surface area (Å²) in [5.74, 6) is 0.0997. The average Bonchev–Trinajstić information content (AvgIpc) is 2.56. The molecule has 1 aromatic heterocycles. The predicted octanol–water partition coefficient (Wildman–Crippen LogP) is 4.86. The zero-order valence-corrected chi connectivity index (χ0v) is 15.7. The highest BCUT2D eigenvalue weighted by Gasteiger charge is 2.12. The van der Waals surface area contributed by atoms with Crippen LogP contribution in [0.1, 0.15) is 10.4 Å². The van der Waals surface area contributed by atoms with Gasteiger partial charge in [0.15, 0.2) is 12.4 Å². The number of carbonyl (C=O) groups is 1. The van der Waals surface area contributed by atoms with Crippen molar-refractivity contribution in [3.63, 3.8) is 0 Å². The van der Waals surface area contributed by atoms with E-state index in [1.165, 1.54) is 0 Å². The molecule has 0 bridgehead atoms. The van der Waals surface area contributed by atoms with Crippen molar-refractivity contribution in [2.75, 3.05) is 0 Å². The summed E-state index contributed by atoms with van der Waals surface area (Å²) in [7, 11) is 0. The fourth-order valence-electron chi connectivity index (χ4n) is 2.32. The van der Waals surface area contributed by atoms with Gasteiger partial charge in [0.2, 0.25) is 12.3 Å². The van der Waals surface area contributed by atoms with Gasteiger partial charge in [0.25, 0.3) is 0 Å². The first kappa shape index (κ1) is 17.6. The molecule has 2 aromatic carbocycles. The molecule has 0 aliphatic carbocycles. The van der Waals surface area contributed by atoms with Crippen LogP contribution >= 0.6 is 32.9 Å². The van der Waals surface area contributed by atoms with Gasteiger partial charge in [0, 0.05) is 11.6 Å². The number of aromatic nitrogens is 1. The summed E-state index contributed by atoms with van der Waals surface area (Å²) in [5, 5.41) is 0. The third-order valence-electron chi connectivity index (χ3n) is 3.46. The second-order valence-corrected chi connectivity index (χ2v) is 5.98. The molecule has 2 nitrogen and oxygen atoms in total. The van der Waals surface area contributed by atoms with E-state index < -0.39 is 0 Å². The molecule has 23 heavy (non-hydrogen) atoms. The molecule has 0 N–H and O–H groups in total. The molecule has 0 saturated heterocycles. The molecular formula is C19H16Br2NO+. The number of pyridine rings is 1. The molecule has 3 aromatic rings. The number of carbonyl (C=O) groups excluding carboxylic acids is 1. The minimum Gasteiger partial charge on any atom is -0.287 e. The summed E-state index contributed by atoms with van der Waals surface area (Å²) in [6.07, 6.45) is 3.79. The van der Waals surface area contributed by atoms with Gasteiger partial charge in [-0.1, -0.05) is 54.6 Å². The molecule has 0 saturated carbocycles. The van der Waals surface area contributed by atoms with Crippen molar-refractivity contribution in [1.29, 1.82) is 0 Å². The number of rotatable bonds is 4. The maximum Gasteiger partial charge on any atom is 0.227 e. The molecule has 0 aliphatic heterocycles. The average molecular weight is 434 g/mol. The van der Waals surface area contributed by atoms with Crippen LogP contribution in [0, 0.1) is 0 Å². The fraction of sp³-hybridized carbons (Fsp3) is 0.0526. The van der Waals surface area contributed by atoms with Crippen LogP contribution < -0.4 is 4.57 Å². The molecule has 0 spiro atoms. The lowest BCUT2D eigenvalue weighted by Gasteiger charge is -2.03. The molecule has 0 fully saturated rings. The van der Waals surface area contributed by atoms with Crippen molar-refractivity contribution in [2.45, 2.75) is 6.54 Å². The van der Waals surface area contributed by atoms with E-state index in [1.807, 2.05) is 71.6 Å². The van der Waals surface area contributed by atoms with Crippen LogP contribution in [0.2, 0.25) is 0 Å². The number of benzene rings is 2. The maximum atomic E-state index is 12.3. The highest BCUT2D eigenvalue weighted by atomic mass is 79.9. The van der Waals surface area contributed by atoms with Gasteiger partial charge in [0.1, 0.15) is 0 Å². The van der Waals surface area contributed by atoms with E-state index in [-0.39, 0.29) is 22.8 Å². The molecule has 4 heteroatoms. The van der Waals surface area contributed by atoms with Gasteiger partial charge in [-0.3, -0.25) is 4.79 Å². The minimum absolute atomic E-state index is 0. The Bertz CT molecular complexity index is 786. The van der Waals surface area contributed by atoms with Crippen LogP contribution in [0.15, 0.2) is 83.6 Å². The Morgan fingerprint density at radius 3 is 2.17 bits per heavy atom. The van der Waals surface area contributed by atoms with Crippen molar-refractivity contribution >= 4 is 38.7 Å². The van der Waals surface area contributed by atoms with Gasteiger partial charge in [-0.2, -0.15) is 4.57 Å². The molecule has 0 aliphatic rings. The standard InChI is InChI=1S/C19H15BrNO.BrH/c20-18-7-4-12-21(13-18)14-19(22)17-10-8-16(9-11-17)15-5-2-1-3-6-15;/h1-13H,14H2;1H/q+1;. The summed E-state index contributed by atoms with van der Waals surface area (Å²) in [6.45, 7) is 0.337. The Hall–Kier alpha value is -1.78. The van der Waals surface area contributed by atoms with E-state index in [0.717, 1.165) is 21.2 Å². The van der Waals surface area contributed by atoms with E-state index in [9.17, 15) is 4.79 Å². The lowest BCUT2D eigenvalue weighted by atomic mass is 10.0. The van der Waals surface area contributed by atoms with Crippen LogP contribution in [0.3, 0.4) is 0 Å². The summed E-state index contributed by atoms with van der Waals surface area (Å²) < 4.78 is 2.83. The summed E-state index contributed by atoms with van der Waals surface area (Å²) in [5.41, 5.74) is 3.00. The lowest BCUT2D eigenvalue weighted by molar-refractivity contribution is -0.683. The number of Topliss-reactive ketones (excluding diaryl/α,β-unsaturated/α-hetero) is 1. The van der Waals surface area contributed by atoms with E-state index in [4.69, 9.17) is 0 Å². The first-order chi connectivity index (χ1) is 10.7. The van der Waals surface area contributed by atoms with Crippen molar-refractivity contribution in [3.8, 4) is 11.1 Å². The van der Waals surface area contributed by atoms with Gasteiger partial charge in [-0.05, 0) is 33.1 Å². The zero-order valence-electron chi connectivity index (χ0n) is 12.4. The third-order valence-corrected chi connectivity index (χ3v) is 3.93. The van der Waals surface area contributed by atoms with Crippen molar-refractivity contribution in [2.24, 2.45) is 0 Å². The van der Waals surface area contributed by atoms with Crippen LogP contribution in [0.4, 0.5) is 0 Å². The van der Waals surface area contributed by atoms with E-state index in [0.29, 0.717) is 6.54 Å². The molecule has 0 radical (unpaired) electrons. The second kappa shape index (κ2) is 8.18. The van der Waals surface area contributed by atoms with Gasteiger partial charge in [-0.15, -0.1) is 17.0 Å². The molecule has 0 atom stereocenters. The Morgan fingerprint density at radius 1 is 0.870 bits per heavy atom. The summed E-state index contributed by atoms with van der Waals surface area (Å²) in [6, 6.07) is 21.8. The molecular weight excluding hydrogens is 418 g/mol. The first-order valence-electron chi connectivity index (χ1n) is 7.06. The first-order valence-corrected chi connectivity index (χ1v) is 7.85. The number of hydrogen-bond donors (Lipinski definition) is 0. The molecule has 116 valence electrons.